The molecular weight excluding hydrogens is 378 g/mol. The quantitative estimate of drug-likeness (QED) is 0.622. The molecule has 0 aliphatic rings. The average molecular weight is 398 g/mol. The van der Waals surface area contributed by atoms with Crippen LogP contribution >= 0.6 is 11.6 Å². The number of hydrogen-bond donors (Lipinski definition) is 2. The van der Waals surface area contributed by atoms with Crippen molar-refractivity contribution in [2.75, 3.05) is 18.2 Å². The predicted molar refractivity (Wildman–Crippen MR) is 110 cm³/mol. The van der Waals surface area contributed by atoms with Crippen molar-refractivity contribution >= 4 is 29.0 Å². The Morgan fingerprint density at radius 2 is 1.86 bits per heavy atom. The Morgan fingerprint density at radius 1 is 1.14 bits per heavy atom. The van der Waals surface area contributed by atoms with Crippen LogP contribution in [0.2, 0.25) is 5.02 Å². The van der Waals surface area contributed by atoms with Gasteiger partial charge < -0.3 is 20.5 Å². The second kappa shape index (κ2) is 8.73. The molecule has 144 valence electrons. The lowest BCUT2D eigenvalue weighted by atomic mass is 10.1. The van der Waals surface area contributed by atoms with E-state index in [-0.39, 0.29) is 11.7 Å². The first-order chi connectivity index (χ1) is 13.5. The van der Waals surface area contributed by atoms with Crippen LogP contribution in [0.1, 0.15) is 21.6 Å². The molecule has 7 heteroatoms. The van der Waals surface area contributed by atoms with Gasteiger partial charge in [0.25, 0.3) is 5.91 Å². The van der Waals surface area contributed by atoms with Gasteiger partial charge in [0, 0.05) is 23.9 Å². The number of amides is 1. The molecule has 0 bridgehead atoms. The standard InChI is InChI=1S/C21H20ClN3O3/c1-13-9-18(20(23)25-19(13)12-27-2)21(26)24-15-6-4-8-17(11-15)28-16-7-3-5-14(22)10-16/h3-11H,12H2,1-2H3,(H2,23,25)(H,24,26). The molecule has 1 aromatic heterocycles. The fourth-order valence-electron chi connectivity index (χ4n) is 2.63. The number of methoxy groups -OCH3 is 1. The molecule has 6 nitrogen and oxygen atoms in total. The molecule has 0 saturated heterocycles. The van der Waals surface area contributed by atoms with E-state index in [9.17, 15) is 4.79 Å². The Labute approximate surface area is 168 Å². The van der Waals surface area contributed by atoms with Crippen LogP contribution in [-0.2, 0) is 11.3 Å². The first-order valence-electron chi connectivity index (χ1n) is 8.56. The van der Waals surface area contributed by atoms with Crippen molar-refractivity contribution in [2.24, 2.45) is 0 Å². The van der Waals surface area contributed by atoms with Crippen LogP contribution in [0.25, 0.3) is 0 Å². The van der Waals surface area contributed by atoms with Gasteiger partial charge >= 0.3 is 0 Å². The number of carbonyl (C=O) groups is 1. The van der Waals surface area contributed by atoms with Gasteiger partial charge in [-0.25, -0.2) is 4.98 Å². The van der Waals surface area contributed by atoms with Crippen LogP contribution in [0, 0.1) is 6.92 Å². The van der Waals surface area contributed by atoms with Crippen LogP contribution in [0.15, 0.2) is 54.6 Å². The third-order valence-electron chi connectivity index (χ3n) is 4.00. The van der Waals surface area contributed by atoms with Gasteiger partial charge in [-0.05, 0) is 48.9 Å². The number of carbonyl (C=O) groups excluding carboxylic acids is 1. The minimum atomic E-state index is -0.350. The molecule has 2 aromatic carbocycles. The van der Waals surface area contributed by atoms with E-state index in [0.29, 0.717) is 40.1 Å². The summed E-state index contributed by atoms with van der Waals surface area (Å²) in [5.74, 6) is 0.977. The number of ether oxygens (including phenoxy) is 2. The molecular formula is C21H20ClN3O3. The number of anilines is 2. The van der Waals surface area contributed by atoms with Crippen LogP contribution in [0.3, 0.4) is 0 Å². The number of aryl methyl sites for hydroxylation is 1. The highest BCUT2D eigenvalue weighted by atomic mass is 35.5. The summed E-state index contributed by atoms with van der Waals surface area (Å²) in [5.41, 5.74) is 8.37. The maximum atomic E-state index is 12.6. The molecule has 0 unspecified atom stereocenters. The third kappa shape index (κ3) is 4.79. The highest BCUT2D eigenvalue weighted by Crippen LogP contribution is 2.26. The molecule has 0 aliphatic heterocycles. The number of nitrogens with zero attached hydrogens (tertiary/aromatic N) is 1. The lowest BCUT2D eigenvalue weighted by Gasteiger charge is -2.12. The predicted octanol–water partition coefficient (Wildman–Crippen LogP) is 4.82. The highest BCUT2D eigenvalue weighted by Gasteiger charge is 2.14. The Morgan fingerprint density at radius 3 is 2.57 bits per heavy atom. The maximum absolute atomic E-state index is 12.6. The van der Waals surface area contributed by atoms with Crippen molar-refractivity contribution in [1.82, 2.24) is 4.98 Å². The summed E-state index contributed by atoms with van der Waals surface area (Å²) in [6, 6.07) is 15.8. The zero-order valence-corrected chi connectivity index (χ0v) is 16.3. The molecule has 3 rings (SSSR count). The fraction of sp³-hybridized carbons (Fsp3) is 0.143. The second-order valence-corrected chi connectivity index (χ2v) is 6.60. The summed E-state index contributed by atoms with van der Waals surface area (Å²) in [6.45, 7) is 2.19. The normalized spacial score (nSPS) is 10.5. The Balaban J connectivity index is 1.77. The van der Waals surface area contributed by atoms with Crippen LogP contribution in [0.4, 0.5) is 11.5 Å². The first kappa shape index (κ1) is 19.7. The van der Waals surface area contributed by atoms with Crippen LogP contribution < -0.4 is 15.8 Å². The topological polar surface area (TPSA) is 86.5 Å². The Bertz CT molecular complexity index is 1010. The number of benzene rings is 2. The van der Waals surface area contributed by atoms with Crippen LogP contribution in [0.5, 0.6) is 11.5 Å². The van der Waals surface area contributed by atoms with E-state index in [4.69, 9.17) is 26.8 Å². The lowest BCUT2D eigenvalue weighted by molar-refractivity contribution is 0.102. The van der Waals surface area contributed by atoms with Gasteiger partial charge in [-0.1, -0.05) is 23.7 Å². The van der Waals surface area contributed by atoms with Crippen molar-refractivity contribution in [2.45, 2.75) is 13.5 Å². The van der Waals surface area contributed by atoms with Gasteiger partial charge in [-0.3, -0.25) is 4.79 Å². The maximum Gasteiger partial charge on any atom is 0.259 e. The summed E-state index contributed by atoms with van der Waals surface area (Å²) < 4.78 is 10.9. The summed E-state index contributed by atoms with van der Waals surface area (Å²) >= 11 is 5.97. The van der Waals surface area contributed by atoms with Crippen molar-refractivity contribution in [3.8, 4) is 11.5 Å². The molecule has 0 aliphatic carbocycles. The van der Waals surface area contributed by atoms with Crippen molar-refractivity contribution in [3.05, 3.63) is 76.4 Å². The van der Waals surface area contributed by atoms with Crippen molar-refractivity contribution in [1.29, 1.82) is 0 Å². The molecule has 3 N–H and O–H groups in total. The fourth-order valence-corrected chi connectivity index (χ4v) is 2.81. The molecule has 0 saturated carbocycles. The molecule has 0 fully saturated rings. The van der Waals surface area contributed by atoms with Gasteiger partial charge in [-0.15, -0.1) is 0 Å². The zero-order valence-electron chi connectivity index (χ0n) is 15.5. The Hall–Kier alpha value is -3.09. The largest absolute Gasteiger partial charge is 0.457 e. The van der Waals surface area contributed by atoms with E-state index in [2.05, 4.69) is 10.3 Å². The number of pyridine rings is 1. The van der Waals surface area contributed by atoms with Crippen LogP contribution in [-0.4, -0.2) is 18.0 Å². The number of nitrogens with two attached hydrogens (primary N) is 1. The van der Waals surface area contributed by atoms with Gasteiger partial charge in [0.05, 0.1) is 17.9 Å². The van der Waals surface area contributed by atoms with E-state index >= 15 is 0 Å². The number of nitrogens with one attached hydrogen (secondary N) is 1. The van der Waals surface area contributed by atoms with E-state index in [1.165, 1.54) is 0 Å². The minimum Gasteiger partial charge on any atom is -0.457 e. The van der Waals surface area contributed by atoms with Gasteiger partial charge in [0.1, 0.15) is 17.3 Å². The van der Waals surface area contributed by atoms with E-state index in [0.717, 1.165) is 5.56 Å². The van der Waals surface area contributed by atoms with Gasteiger partial charge in [0.15, 0.2) is 0 Å². The summed E-state index contributed by atoms with van der Waals surface area (Å²) in [7, 11) is 1.58. The number of halogens is 1. The second-order valence-electron chi connectivity index (χ2n) is 6.16. The van der Waals surface area contributed by atoms with Crippen molar-refractivity contribution in [3.63, 3.8) is 0 Å². The lowest BCUT2D eigenvalue weighted by Crippen LogP contribution is -2.16. The molecule has 0 atom stereocenters. The highest BCUT2D eigenvalue weighted by molar-refractivity contribution is 6.30. The number of hydrogen-bond acceptors (Lipinski definition) is 5. The average Bonchev–Trinajstić information content (AvgIpc) is 2.65. The van der Waals surface area contributed by atoms with E-state index in [1.807, 2.05) is 6.92 Å². The number of aromatic nitrogens is 1. The smallest absolute Gasteiger partial charge is 0.259 e. The molecule has 1 amide bonds. The minimum absolute atomic E-state index is 0.154. The Kier molecular flexibility index (Phi) is 6.13. The molecule has 0 radical (unpaired) electrons. The molecule has 28 heavy (non-hydrogen) atoms. The summed E-state index contributed by atoms with van der Waals surface area (Å²) in [6.07, 6.45) is 0. The molecule has 3 aromatic rings. The van der Waals surface area contributed by atoms with Gasteiger partial charge in [0.2, 0.25) is 0 Å². The number of nitrogen functional groups attached to an aromatic ring is 1. The molecule has 1 heterocycles. The van der Waals surface area contributed by atoms with E-state index in [1.54, 1.807) is 61.7 Å². The first-order valence-corrected chi connectivity index (χ1v) is 8.94. The summed E-state index contributed by atoms with van der Waals surface area (Å²) in [4.78, 5) is 16.9. The summed E-state index contributed by atoms with van der Waals surface area (Å²) in [5, 5.41) is 3.40. The monoisotopic (exact) mass is 397 g/mol. The van der Waals surface area contributed by atoms with Crippen molar-refractivity contribution < 1.29 is 14.3 Å². The van der Waals surface area contributed by atoms with E-state index < -0.39 is 0 Å². The zero-order chi connectivity index (χ0) is 20.1. The molecule has 0 spiro atoms. The number of rotatable bonds is 6. The van der Waals surface area contributed by atoms with Gasteiger partial charge in [-0.2, -0.15) is 0 Å². The SMILES string of the molecule is COCc1nc(N)c(C(=O)Nc2cccc(Oc3cccc(Cl)c3)c2)cc1C. The third-order valence-corrected chi connectivity index (χ3v) is 4.23.